The van der Waals surface area contributed by atoms with Gasteiger partial charge in [0.05, 0.1) is 5.56 Å². The van der Waals surface area contributed by atoms with Gasteiger partial charge >= 0.3 is 5.97 Å². The molecule has 0 saturated carbocycles. The quantitative estimate of drug-likeness (QED) is 0.864. The van der Waals surface area contributed by atoms with Crippen LogP contribution >= 0.6 is 0 Å². The normalized spacial score (nSPS) is 10.4. The van der Waals surface area contributed by atoms with E-state index in [0.29, 0.717) is 5.56 Å². The van der Waals surface area contributed by atoms with Gasteiger partial charge in [-0.3, -0.25) is 4.79 Å². The number of benzene rings is 2. The number of hydrogen-bond donors (Lipinski definition) is 1. The van der Waals surface area contributed by atoms with E-state index in [1.54, 1.807) is 0 Å². The van der Waals surface area contributed by atoms with Crippen molar-refractivity contribution in [2.75, 3.05) is 11.9 Å². The molecule has 0 aliphatic rings. The number of carbonyl (C=O) groups is 2. The van der Waals surface area contributed by atoms with Gasteiger partial charge in [-0.2, -0.15) is 0 Å². The van der Waals surface area contributed by atoms with Crippen molar-refractivity contribution in [3.05, 3.63) is 63.7 Å². The first-order valence-electron chi connectivity index (χ1n) is 7.90. The number of nitrogens with one attached hydrogen (secondary N) is 1. The molecule has 0 fully saturated rings. The molecule has 2 aromatic carbocycles. The molecule has 0 spiro atoms. The summed E-state index contributed by atoms with van der Waals surface area (Å²) < 4.78 is 5.18. The smallest absolute Gasteiger partial charge is 0.339 e. The number of esters is 1. The van der Waals surface area contributed by atoms with E-state index in [1.165, 1.54) is 0 Å². The minimum Gasteiger partial charge on any atom is -0.452 e. The van der Waals surface area contributed by atoms with Gasteiger partial charge in [0.1, 0.15) is 0 Å². The van der Waals surface area contributed by atoms with Gasteiger partial charge in [-0.05, 0) is 62.9 Å². The molecular weight excluding hydrogens is 302 g/mol. The molecule has 2 rings (SSSR count). The average Bonchev–Trinajstić information content (AvgIpc) is 2.49. The van der Waals surface area contributed by atoms with Crippen molar-refractivity contribution < 1.29 is 14.3 Å². The van der Waals surface area contributed by atoms with E-state index >= 15 is 0 Å². The SMILES string of the molecule is Cc1cc(C)c(C(=O)OCC(=O)Nc2cccc(C)c2C)c(C)c1. The monoisotopic (exact) mass is 325 g/mol. The maximum absolute atomic E-state index is 12.3. The summed E-state index contributed by atoms with van der Waals surface area (Å²) in [6, 6.07) is 9.55. The Kier molecular flexibility index (Phi) is 5.39. The van der Waals surface area contributed by atoms with Crippen LogP contribution in [0.25, 0.3) is 0 Å². The van der Waals surface area contributed by atoms with Gasteiger partial charge in [-0.1, -0.05) is 29.8 Å². The molecule has 4 nitrogen and oxygen atoms in total. The van der Waals surface area contributed by atoms with Crippen LogP contribution in [0.1, 0.15) is 38.2 Å². The van der Waals surface area contributed by atoms with Crippen LogP contribution in [0, 0.1) is 34.6 Å². The van der Waals surface area contributed by atoms with Crippen molar-refractivity contribution in [1.29, 1.82) is 0 Å². The maximum Gasteiger partial charge on any atom is 0.339 e. The predicted octanol–water partition coefficient (Wildman–Crippen LogP) is 4.02. The van der Waals surface area contributed by atoms with Crippen LogP contribution in [-0.4, -0.2) is 18.5 Å². The van der Waals surface area contributed by atoms with Crippen LogP contribution in [0.3, 0.4) is 0 Å². The highest BCUT2D eigenvalue weighted by Crippen LogP contribution is 2.19. The van der Waals surface area contributed by atoms with Crippen LogP contribution < -0.4 is 5.32 Å². The average molecular weight is 325 g/mol. The molecule has 0 bridgehead atoms. The highest BCUT2D eigenvalue weighted by atomic mass is 16.5. The lowest BCUT2D eigenvalue weighted by atomic mass is 10.00. The molecule has 0 saturated heterocycles. The Morgan fingerprint density at radius 2 is 1.58 bits per heavy atom. The molecule has 4 heteroatoms. The molecule has 126 valence electrons. The van der Waals surface area contributed by atoms with Gasteiger partial charge in [-0.15, -0.1) is 0 Å². The molecule has 0 unspecified atom stereocenters. The summed E-state index contributed by atoms with van der Waals surface area (Å²) in [6.07, 6.45) is 0. The van der Waals surface area contributed by atoms with E-state index in [2.05, 4.69) is 5.32 Å². The Balaban J connectivity index is 2.02. The fraction of sp³-hybridized carbons (Fsp3) is 0.300. The lowest BCUT2D eigenvalue weighted by molar-refractivity contribution is -0.119. The molecule has 2 aromatic rings. The van der Waals surface area contributed by atoms with Crippen LogP contribution in [-0.2, 0) is 9.53 Å². The lowest BCUT2D eigenvalue weighted by Gasteiger charge is -2.12. The van der Waals surface area contributed by atoms with Gasteiger partial charge in [0.15, 0.2) is 6.61 Å². The van der Waals surface area contributed by atoms with Gasteiger partial charge in [0.25, 0.3) is 5.91 Å². The minimum atomic E-state index is -0.471. The van der Waals surface area contributed by atoms with Gasteiger partial charge in [0, 0.05) is 5.69 Å². The zero-order valence-corrected chi connectivity index (χ0v) is 14.8. The van der Waals surface area contributed by atoms with Gasteiger partial charge in [0.2, 0.25) is 0 Å². The first-order valence-corrected chi connectivity index (χ1v) is 7.90. The molecule has 0 heterocycles. The summed E-state index contributed by atoms with van der Waals surface area (Å²) in [7, 11) is 0. The number of hydrogen-bond acceptors (Lipinski definition) is 3. The first kappa shape index (κ1) is 17.7. The first-order chi connectivity index (χ1) is 11.3. The fourth-order valence-corrected chi connectivity index (χ4v) is 2.78. The number of aryl methyl sites for hydroxylation is 4. The Morgan fingerprint density at radius 3 is 2.21 bits per heavy atom. The largest absolute Gasteiger partial charge is 0.452 e. The second kappa shape index (κ2) is 7.30. The van der Waals surface area contributed by atoms with Gasteiger partial charge in [-0.25, -0.2) is 4.79 Å². The topological polar surface area (TPSA) is 55.4 Å². The Labute approximate surface area is 142 Å². The van der Waals surface area contributed by atoms with Crippen LogP contribution in [0.2, 0.25) is 0 Å². The molecule has 1 amide bonds. The standard InChI is InChI=1S/C20H23NO3/c1-12-9-14(3)19(15(4)10-12)20(23)24-11-18(22)21-17-8-6-7-13(2)16(17)5/h6-10H,11H2,1-5H3,(H,21,22). The molecule has 0 aromatic heterocycles. The Hall–Kier alpha value is -2.62. The van der Waals surface area contributed by atoms with E-state index in [0.717, 1.165) is 33.5 Å². The number of carbonyl (C=O) groups excluding carboxylic acids is 2. The number of ether oxygens (including phenoxy) is 1. The summed E-state index contributed by atoms with van der Waals surface area (Å²) in [5, 5.41) is 2.78. The second-order valence-corrected chi connectivity index (χ2v) is 6.15. The van der Waals surface area contributed by atoms with Crippen LogP contribution in [0.15, 0.2) is 30.3 Å². The number of anilines is 1. The van der Waals surface area contributed by atoms with E-state index in [1.807, 2.05) is 65.0 Å². The summed E-state index contributed by atoms with van der Waals surface area (Å²) >= 11 is 0. The fourth-order valence-electron chi connectivity index (χ4n) is 2.78. The highest BCUT2D eigenvalue weighted by molar-refractivity contribution is 5.97. The van der Waals surface area contributed by atoms with Crippen molar-refractivity contribution in [1.82, 2.24) is 0 Å². The predicted molar refractivity (Wildman–Crippen MR) is 95.5 cm³/mol. The molecule has 1 N–H and O–H groups in total. The van der Waals surface area contributed by atoms with Crippen LogP contribution in [0.5, 0.6) is 0 Å². The Bertz CT molecular complexity index is 770. The molecule has 0 radical (unpaired) electrons. The minimum absolute atomic E-state index is 0.307. The number of rotatable bonds is 4. The molecule has 0 aliphatic carbocycles. The third kappa shape index (κ3) is 4.02. The molecule has 0 aliphatic heterocycles. The van der Waals surface area contributed by atoms with E-state index in [9.17, 15) is 9.59 Å². The van der Waals surface area contributed by atoms with Crippen molar-refractivity contribution >= 4 is 17.6 Å². The zero-order chi connectivity index (χ0) is 17.9. The maximum atomic E-state index is 12.3. The summed E-state index contributed by atoms with van der Waals surface area (Å²) in [5.74, 6) is -0.819. The third-order valence-corrected chi connectivity index (χ3v) is 4.09. The summed E-state index contributed by atoms with van der Waals surface area (Å²) in [5.41, 5.74) is 6.16. The molecule has 0 atom stereocenters. The van der Waals surface area contributed by atoms with Crippen molar-refractivity contribution in [3.63, 3.8) is 0 Å². The second-order valence-electron chi connectivity index (χ2n) is 6.15. The van der Waals surface area contributed by atoms with E-state index in [-0.39, 0.29) is 12.5 Å². The zero-order valence-electron chi connectivity index (χ0n) is 14.8. The molecule has 24 heavy (non-hydrogen) atoms. The van der Waals surface area contributed by atoms with Crippen molar-refractivity contribution in [3.8, 4) is 0 Å². The van der Waals surface area contributed by atoms with Crippen molar-refractivity contribution in [2.45, 2.75) is 34.6 Å². The Morgan fingerprint density at radius 1 is 0.958 bits per heavy atom. The van der Waals surface area contributed by atoms with Gasteiger partial charge < -0.3 is 10.1 Å². The highest BCUT2D eigenvalue weighted by Gasteiger charge is 2.16. The molecular formula is C20H23NO3. The summed E-state index contributed by atoms with van der Waals surface area (Å²) in [6.45, 7) is 9.33. The third-order valence-electron chi connectivity index (χ3n) is 4.09. The van der Waals surface area contributed by atoms with Crippen LogP contribution in [0.4, 0.5) is 5.69 Å². The van der Waals surface area contributed by atoms with Crippen molar-refractivity contribution in [2.24, 2.45) is 0 Å². The summed E-state index contributed by atoms with van der Waals surface area (Å²) in [4.78, 5) is 24.3. The number of amides is 1. The van der Waals surface area contributed by atoms with E-state index < -0.39 is 5.97 Å². The lowest BCUT2D eigenvalue weighted by Crippen LogP contribution is -2.22. The van der Waals surface area contributed by atoms with E-state index in [4.69, 9.17) is 4.74 Å².